The van der Waals surface area contributed by atoms with Crippen molar-refractivity contribution in [2.45, 2.75) is 32.2 Å². The van der Waals surface area contributed by atoms with Crippen molar-refractivity contribution < 1.29 is 9.53 Å². The number of hydrogen-bond acceptors (Lipinski definition) is 4. The number of nitrogens with zero attached hydrogens (tertiary/aromatic N) is 2. The highest BCUT2D eigenvalue weighted by Crippen LogP contribution is 2.26. The van der Waals surface area contributed by atoms with Crippen LogP contribution in [-0.4, -0.2) is 61.1 Å². The van der Waals surface area contributed by atoms with Gasteiger partial charge in [-0.3, -0.25) is 14.6 Å². The molecule has 0 spiro atoms. The van der Waals surface area contributed by atoms with Gasteiger partial charge in [0.2, 0.25) is 5.91 Å². The second kappa shape index (κ2) is 7.79. The van der Waals surface area contributed by atoms with E-state index < -0.39 is 0 Å². The van der Waals surface area contributed by atoms with Gasteiger partial charge >= 0.3 is 0 Å². The molecule has 1 aromatic carbocycles. The first kappa shape index (κ1) is 16.3. The van der Waals surface area contributed by atoms with Gasteiger partial charge in [-0.05, 0) is 31.9 Å². The van der Waals surface area contributed by atoms with E-state index in [0.29, 0.717) is 13.2 Å². The van der Waals surface area contributed by atoms with Crippen LogP contribution in [0.4, 0.5) is 5.69 Å². The number of hydrogen-bond donors (Lipinski definition) is 1. The number of nitrogens with one attached hydrogen (secondary N) is 1. The Morgan fingerprint density at radius 2 is 1.96 bits per heavy atom. The Morgan fingerprint density at radius 3 is 2.61 bits per heavy atom. The highest BCUT2D eigenvalue weighted by atomic mass is 16.5. The Morgan fingerprint density at radius 1 is 1.22 bits per heavy atom. The van der Waals surface area contributed by atoms with Crippen LogP contribution in [0.15, 0.2) is 24.3 Å². The Hall–Kier alpha value is -1.59. The molecule has 0 aromatic heterocycles. The minimum absolute atomic E-state index is 0.0363. The Bertz CT molecular complexity index is 523. The third-order valence-electron chi connectivity index (χ3n) is 4.83. The Labute approximate surface area is 138 Å². The van der Waals surface area contributed by atoms with Crippen LogP contribution in [0.3, 0.4) is 0 Å². The second-order valence-electron chi connectivity index (χ2n) is 6.37. The van der Waals surface area contributed by atoms with Crippen molar-refractivity contribution in [3.05, 3.63) is 24.3 Å². The van der Waals surface area contributed by atoms with E-state index in [1.807, 2.05) is 31.2 Å². The Kier molecular flexibility index (Phi) is 5.51. The fourth-order valence-corrected chi connectivity index (χ4v) is 3.28. The molecule has 3 rings (SSSR count). The van der Waals surface area contributed by atoms with Gasteiger partial charge < -0.3 is 10.1 Å². The predicted molar refractivity (Wildman–Crippen MR) is 91.9 cm³/mol. The van der Waals surface area contributed by atoms with Gasteiger partial charge in [0.1, 0.15) is 5.75 Å². The van der Waals surface area contributed by atoms with E-state index in [0.717, 1.165) is 43.7 Å². The van der Waals surface area contributed by atoms with Crippen LogP contribution in [-0.2, 0) is 4.79 Å². The molecular formula is C18H27N3O2. The zero-order chi connectivity index (χ0) is 16.1. The van der Waals surface area contributed by atoms with E-state index in [2.05, 4.69) is 15.1 Å². The summed E-state index contributed by atoms with van der Waals surface area (Å²) >= 11 is 0. The number of ether oxygens (including phenoxy) is 1. The largest absolute Gasteiger partial charge is 0.492 e. The first-order valence-electron chi connectivity index (χ1n) is 8.74. The summed E-state index contributed by atoms with van der Waals surface area (Å²) in [5.74, 6) is 0.771. The summed E-state index contributed by atoms with van der Waals surface area (Å²) in [6.45, 7) is 7.14. The van der Waals surface area contributed by atoms with Gasteiger partial charge in [-0.2, -0.15) is 0 Å². The number of carbonyl (C=O) groups is 1. The van der Waals surface area contributed by atoms with Crippen LogP contribution in [0.2, 0.25) is 0 Å². The SMILES string of the molecule is CCOc1ccccc1NC(=O)CN1CCN(C2CCC2)CC1. The topological polar surface area (TPSA) is 44.8 Å². The standard InChI is InChI=1S/C18H27N3O2/c1-2-23-17-9-4-3-8-16(17)19-18(22)14-20-10-12-21(13-11-20)15-6-5-7-15/h3-4,8-9,15H,2,5-7,10-14H2,1H3,(H,19,22). The molecule has 1 N–H and O–H groups in total. The molecule has 2 fully saturated rings. The second-order valence-corrected chi connectivity index (χ2v) is 6.37. The molecule has 1 aliphatic heterocycles. The van der Waals surface area contributed by atoms with Gasteiger partial charge in [-0.1, -0.05) is 18.6 Å². The number of piperazine rings is 1. The van der Waals surface area contributed by atoms with Crippen molar-refractivity contribution in [2.75, 3.05) is 44.6 Å². The van der Waals surface area contributed by atoms with Crippen LogP contribution < -0.4 is 10.1 Å². The fourth-order valence-electron chi connectivity index (χ4n) is 3.28. The lowest BCUT2D eigenvalue weighted by atomic mass is 9.91. The molecule has 0 radical (unpaired) electrons. The maximum absolute atomic E-state index is 12.3. The van der Waals surface area contributed by atoms with Crippen molar-refractivity contribution in [1.82, 2.24) is 9.80 Å². The lowest BCUT2D eigenvalue weighted by Crippen LogP contribution is -2.53. The quantitative estimate of drug-likeness (QED) is 0.873. The molecule has 2 aliphatic rings. The average molecular weight is 317 g/mol. The highest BCUT2D eigenvalue weighted by molar-refractivity contribution is 5.93. The molecule has 0 unspecified atom stereocenters. The molecule has 0 bridgehead atoms. The maximum Gasteiger partial charge on any atom is 0.238 e. The van der Waals surface area contributed by atoms with E-state index in [1.54, 1.807) is 0 Å². The lowest BCUT2D eigenvalue weighted by molar-refractivity contribution is -0.117. The molecule has 23 heavy (non-hydrogen) atoms. The van der Waals surface area contributed by atoms with E-state index in [9.17, 15) is 4.79 Å². The molecule has 1 aromatic rings. The molecule has 5 heteroatoms. The summed E-state index contributed by atoms with van der Waals surface area (Å²) in [5.41, 5.74) is 0.757. The van der Waals surface area contributed by atoms with Crippen LogP contribution in [0.5, 0.6) is 5.75 Å². The zero-order valence-electron chi connectivity index (χ0n) is 14.0. The van der Waals surface area contributed by atoms with Crippen LogP contribution >= 0.6 is 0 Å². The van der Waals surface area contributed by atoms with Crippen molar-refractivity contribution in [2.24, 2.45) is 0 Å². The molecule has 1 saturated carbocycles. The molecule has 0 atom stereocenters. The van der Waals surface area contributed by atoms with Gasteiger partial charge in [0.05, 0.1) is 18.8 Å². The fraction of sp³-hybridized carbons (Fsp3) is 0.611. The summed E-state index contributed by atoms with van der Waals surface area (Å²) in [6, 6.07) is 8.41. The maximum atomic E-state index is 12.3. The minimum atomic E-state index is 0.0363. The van der Waals surface area contributed by atoms with Crippen LogP contribution in [0.1, 0.15) is 26.2 Å². The molecule has 1 amide bonds. The lowest BCUT2D eigenvalue weighted by Gasteiger charge is -2.42. The number of carbonyl (C=O) groups excluding carboxylic acids is 1. The number of anilines is 1. The molecular weight excluding hydrogens is 290 g/mol. The normalized spacial score (nSPS) is 20.0. The van der Waals surface area contributed by atoms with Crippen molar-refractivity contribution in [3.8, 4) is 5.75 Å². The first-order chi connectivity index (χ1) is 11.3. The summed E-state index contributed by atoms with van der Waals surface area (Å²) in [5, 5.41) is 2.98. The average Bonchev–Trinajstić information content (AvgIpc) is 2.50. The van der Waals surface area contributed by atoms with Crippen molar-refractivity contribution >= 4 is 11.6 Å². The molecule has 1 heterocycles. The number of benzene rings is 1. The van der Waals surface area contributed by atoms with Crippen LogP contribution in [0, 0.1) is 0 Å². The van der Waals surface area contributed by atoms with E-state index in [-0.39, 0.29) is 5.91 Å². The van der Waals surface area contributed by atoms with Gasteiger partial charge in [0.15, 0.2) is 0 Å². The van der Waals surface area contributed by atoms with Crippen molar-refractivity contribution in [1.29, 1.82) is 0 Å². The molecule has 5 nitrogen and oxygen atoms in total. The third kappa shape index (κ3) is 4.24. The Balaban J connectivity index is 1.46. The highest BCUT2D eigenvalue weighted by Gasteiger charge is 2.28. The van der Waals surface area contributed by atoms with Gasteiger partial charge in [0.25, 0.3) is 0 Å². The summed E-state index contributed by atoms with van der Waals surface area (Å²) in [7, 11) is 0. The number of para-hydroxylation sites is 2. The van der Waals surface area contributed by atoms with Gasteiger partial charge in [-0.25, -0.2) is 0 Å². The number of amides is 1. The molecule has 1 saturated heterocycles. The smallest absolute Gasteiger partial charge is 0.238 e. The summed E-state index contributed by atoms with van der Waals surface area (Å²) in [6.07, 6.45) is 4.09. The zero-order valence-corrected chi connectivity index (χ0v) is 14.0. The molecule has 1 aliphatic carbocycles. The predicted octanol–water partition coefficient (Wildman–Crippen LogP) is 2.19. The van der Waals surface area contributed by atoms with Gasteiger partial charge in [-0.15, -0.1) is 0 Å². The first-order valence-corrected chi connectivity index (χ1v) is 8.74. The number of rotatable bonds is 6. The van der Waals surface area contributed by atoms with Crippen molar-refractivity contribution in [3.63, 3.8) is 0 Å². The van der Waals surface area contributed by atoms with E-state index in [4.69, 9.17) is 4.74 Å². The minimum Gasteiger partial charge on any atom is -0.492 e. The monoisotopic (exact) mass is 317 g/mol. The molecule has 126 valence electrons. The third-order valence-corrected chi connectivity index (χ3v) is 4.83. The van der Waals surface area contributed by atoms with E-state index >= 15 is 0 Å². The summed E-state index contributed by atoms with van der Waals surface area (Å²) < 4.78 is 5.55. The summed E-state index contributed by atoms with van der Waals surface area (Å²) in [4.78, 5) is 17.1. The van der Waals surface area contributed by atoms with E-state index in [1.165, 1.54) is 19.3 Å². The van der Waals surface area contributed by atoms with Crippen LogP contribution in [0.25, 0.3) is 0 Å². The van der Waals surface area contributed by atoms with Gasteiger partial charge in [0, 0.05) is 32.2 Å².